The van der Waals surface area contributed by atoms with Crippen molar-refractivity contribution in [3.05, 3.63) is 268 Å². The number of fused-ring (bicyclic) bond motifs is 4. The van der Waals surface area contributed by atoms with Crippen LogP contribution in [0.3, 0.4) is 0 Å². The van der Waals surface area contributed by atoms with Gasteiger partial charge in [0.15, 0.2) is 5.43 Å². The molecule has 12 rings (SSSR count). The fourth-order valence-corrected chi connectivity index (χ4v) is 10.2. The second kappa shape index (κ2) is 20.0. The van der Waals surface area contributed by atoms with Gasteiger partial charge in [0.25, 0.3) is 0 Å². The molecule has 0 amide bonds. The molecule has 8 aromatic carbocycles. The Bertz CT molecular complexity index is 4130. The molecule has 0 saturated carbocycles. The van der Waals surface area contributed by atoms with Crippen molar-refractivity contribution in [3.63, 3.8) is 0 Å². The van der Waals surface area contributed by atoms with Crippen molar-refractivity contribution in [2.45, 2.75) is 25.9 Å². The number of aromatic nitrogens is 2. The van der Waals surface area contributed by atoms with E-state index in [0.29, 0.717) is 51.6 Å². The van der Waals surface area contributed by atoms with Crippen molar-refractivity contribution in [1.82, 2.24) is 9.97 Å². The number of anilines is 2. The second-order valence-electron chi connectivity index (χ2n) is 18.7. The van der Waals surface area contributed by atoms with Crippen LogP contribution in [0.5, 0.6) is 5.75 Å². The largest absolute Gasteiger partial charge is 0.507 e. The monoisotopic (exact) mass is 976 g/mol. The molecule has 9 nitrogen and oxygen atoms in total. The van der Waals surface area contributed by atoms with Crippen LogP contribution in [0.15, 0.2) is 228 Å². The zero-order valence-electron chi connectivity index (χ0n) is 40.6. The summed E-state index contributed by atoms with van der Waals surface area (Å²) in [5, 5.41) is 32.3. The van der Waals surface area contributed by atoms with Gasteiger partial charge in [0.2, 0.25) is 0 Å². The highest BCUT2D eigenvalue weighted by molar-refractivity contribution is 6.09. The minimum Gasteiger partial charge on any atom is -0.507 e. The Kier molecular flexibility index (Phi) is 12.3. The van der Waals surface area contributed by atoms with Gasteiger partial charge in [-0.15, -0.1) is 0 Å². The number of carboxylic acids is 1. The highest BCUT2D eigenvalue weighted by Crippen LogP contribution is 2.45. The smallest absolute Gasteiger partial charge is 0.336 e. The number of hydrogen-bond donors (Lipinski definition) is 4. The van der Waals surface area contributed by atoms with Crippen molar-refractivity contribution in [2.75, 3.05) is 10.6 Å². The van der Waals surface area contributed by atoms with Crippen LogP contribution in [-0.4, -0.2) is 26.2 Å². The lowest BCUT2D eigenvalue weighted by Crippen LogP contribution is -2.15. The molecule has 0 atom stereocenters. The van der Waals surface area contributed by atoms with Gasteiger partial charge in [0.05, 0.1) is 39.1 Å². The average molecular weight is 977 g/mol. The summed E-state index contributed by atoms with van der Waals surface area (Å²) in [4.78, 5) is 37.8. The average Bonchev–Trinajstić information content (AvgIpc) is 3.46. The van der Waals surface area contributed by atoms with E-state index in [-0.39, 0.29) is 35.6 Å². The summed E-state index contributed by atoms with van der Waals surface area (Å²) in [5.74, 6) is -0.893. The Labute approximate surface area is 432 Å². The SMILES string of the molecule is O=C(O)c1ccccc1-c1c2ccc(=O)c(CNc3cc(-c4ccccc4)cc4ccc(Cc5ccccc5)nc34)c-2oc2c(CNc3cc(-c4ccccc4)cc4ccc(Cc5ccccc5)nc34)c(O)ccc12. The second-order valence-corrected chi connectivity index (χ2v) is 18.7. The number of phenolic OH excluding ortho intramolecular Hbond substituents is 1. The summed E-state index contributed by atoms with van der Waals surface area (Å²) in [6, 6.07) is 70.8. The molecule has 4 N–H and O–H groups in total. The summed E-state index contributed by atoms with van der Waals surface area (Å²) in [5.41, 5.74) is 13.4. The fraction of sp³-hybridized carbons (Fsp3) is 0.0606. The summed E-state index contributed by atoms with van der Waals surface area (Å²) in [7, 11) is 0. The fourth-order valence-electron chi connectivity index (χ4n) is 10.2. The zero-order chi connectivity index (χ0) is 50.8. The van der Waals surface area contributed by atoms with Crippen LogP contribution in [0.4, 0.5) is 11.4 Å². The van der Waals surface area contributed by atoms with Crippen molar-refractivity contribution in [2.24, 2.45) is 0 Å². The molecule has 2 aliphatic rings. The van der Waals surface area contributed by atoms with E-state index in [1.807, 2.05) is 72.8 Å². The highest BCUT2D eigenvalue weighted by Gasteiger charge is 2.27. The number of carbonyl (C=O) groups is 1. The number of pyridine rings is 2. The third-order valence-electron chi connectivity index (χ3n) is 13.9. The van der Waals surface area contributed by atoms with Crippen LogP contribution in [0, 0.1) is 0 Å². The predicted molar refractivity (Wildman–Crippen MR) is 301 cm³/mol. The third-order valence-corrected chi connectivity index (χ3v) is 13.9. The Morgan fingerprint density at radius 3 is 1.55 bits per heavy atom. The van der Waals surface area contributed by atoms with Crippen LogP contribution < -0.4 is 16.1 Å². The molecular formula is C66H48N4O5. The standard InChI is InChI=1S/C66H48N4O5/c71-59-31-29-53-61(51-23-13-14-24-52(51)66(73)74)54-30-32-60(72)56(40-68-58-38-48(44-21-11-4-12-22-44)36-46-26-28-50(70-63(46)58)34-42-17-7-2-8-18-42)65(54)75-64(53)55(59)39-67-57-37-47(43-19-9-3-10-20-43)35-45-25-27-49(69-62(45)57)33-41-15-5-1-6-16-41/h1-32,35-38,67-68,71H,33-34,39-40H2,(H,73,74). The molecule has 9 heteroatoms. The first kappa shape index (κ1) is 46.2. The molecule has 10 aromatic rings. The number of benzene rings is 9. The molecular weight excluding hydrogens is 929 g/mol. The lowest BCUT2D eigenvalue weighted by molar-refractivity contribution is 0.0697. The van der Waals surface area contributed by atoms with Gasteiger partial charge in [-0.25, -0.2) is 4.79 Å². The third kappa shape index (κ3) is 9.31. The summed E-state index contributed by atoms with van der Waals surface area (Å²) in [6.07, 6.45) is 1.29. The first-order valence-corrected chi connectivity index (χ1v) is 24.9. The van der Waals surface area contributed by atoms with Crippen molar-refractivity contribution < 1.29 is 19.4 Å². The number of nitrogens with one attached hydrogen (secondary N) is 2. The van der Waals surface area contributed by atoms with Gasteiger partial charge < -0.3 is 25.3 Å². The van der Waals surface area contributed by atoms with E-state index < -0.39 is 5.97 Å². The predicted octanol–water partition coefficient (Wildman–Crippen LogP) is 14.8. The first-order valence-electron chi connectivity index (χ1n) is 24.9. The maximum absolute atomic E-state index is 14.4. The number of rotatable bonds is 14. The number of hydrogen-bond acceptors (Lipinski definition) is 8. The van der Waals surface area contributed by atoms with Gasteiger partial charge in [-0.1, -0.05) is 152 Å². The van der Waals surface area contributed by atoms with Crippen LogP contribution in [0.25, 0.3) is 77.5 Å². The molecule has 2 aromatic heterocycles. The van der Waals surface area contributed by atoms with E-state index in [0.717, 1.165) is 77.9 Å². The van der Waals surface area contributed by atoms with Gasteiger partial charge >= 0.3 is 5.97 Å². The van der Waals surface area contributed by atoms with Crippen LogP contribution in [-0.2, 0) is 25.9 Å². The van der Waals surface area contributed by atoms with E-state index in [4.69, 9.17) is 14.4 Å². The lowest BCUT2D eigenvalue weighted by atomic mass is 9.88. The summed E-state index contributed by atoms with van der Waals surface area (Å²) < 4.78 is 7.02. The van der Waals surface area contributed by atoms with Crippen molar-refractivity contribution in [3.8, 4) is 50.5 Å². The maximum Gasteiger partial charge on any atom is 0.336 e. The molecule has 1 aliphatic heterocycles. The number of phenols is 1. The number of aromatic hydroxyl groups is 1. The molecule has 0 unspecified atom stereocenters. The number of carboxylic acid groups (broad SMARTS) is 1. The molecule has 0 bridgehead atoms. The molecule has 75 heavy (non-hydrogen) atoms. The van der Waals surface area contributed by atoms with Crippen LogP contribution in [0.2, 0.25) is 0 Å². The van der Waals surface area contributed by atoms with E-state index in [9.17, 15) is 19.8 Å². The zero-order valence-corrected chi connectivity index (χ0v) is 40.6. The van der Waals surface area contributed by atoms with Gasteiger partial charge in [0, 0.05) is 64.6 Å². The quantitative estimate of drug-likeness (QED) is 0.0785. The van der Waals surface area contributed by atoms with Crippen molar-refractivity contribution in [1.29, 1.82) is 0 Å². The minimum atomic E-state index is -1.11. The molecule has 362 valence electrons. The summed E-state index contributed by atoms with van der Waals surface area (Å²) >= 11 is 0. The number of nitrogens with zero attached hydrogens (tertiary/aromatic N) is 2. The minimum absolute atomic E-state index is 0.0325. The van der Waals surface area contributed by atoms with E-state index in [1.165, 1.54) is 6.07 Å². The summed E-state index contributed by atoms with van der Waals surface area (Å²) in [6.45, 7) is 0.112. The number of aromatic carboxylic acids is 1. The van der Waals surface area contributed by atoms with Gasteiger partial charge in [-0.2, -0.15) is 0 Å². The molecule has 0 radical (unpaired) electrons. The molecule has 0 spiro atoms. The van der Waals surface area contributed by atoms with Gasteiger partial charge in [-0.3, -0.25) is 14.8 Å². The highest BCUT2D eigenvalue weighted by atomic mass is 16.4. The Morgan fingerprint density at radius 2 is 1.00 bits per heavy atom. The molecule has 1 aliphatic carbocycles. The first-order chi connectivity index (χ1) is 36.8. The lowest BCUT2D eigenvalue weighted by Gasteiger charge is -2.21. The van der Waals surface area contributed by atoms with E-state index >= 15 is 0 Å². The Balaban J connectivity index is 1.00. The maximum atomic E-state index is 14.4. The molecule has 0 saturated heterocycles. The van der Waals surface area contributed by atoms with E-state index in [2.05, 4.69) is 108 Å². The van der Waals surface area contributed by atoms with Gasteiger partial charge in [-0.05, 0) is 106 Å². The van der Waals surface area contributed by atoms with Crippen LogP contribution in [0.1, 0.15) is 44.0 Å². The molecule has 0 fully saturated rings. The Hall–Kier alpha value is -9.86. The van der Waals surface area contributed by atoms with Crippen LogP contribution >= 0.6 is 0 Å². The normalized spacial score (nSPS) is 11.4. The molecule has 3 heterocycles. The van der Waals surface area contributed by atoms with Gasteiger partial charge in [0.1, 0.15) is 17.1 Å². The Morgan fingerprint density at radius 1 is 0.493 bits per heavy atom. The topological polar surface area (TPSA) is 138 Å². The van der Waals surface area contributed by atoms with E-state index in [1.54, 1.807) is 42.5 Å². The van der Waals surface area contributed by atoms with Crippen molar-refractivity contribution >= 4 is 50.1 Å².